The number of halogens is 1. The smallest absolute Gasteiger partial charge is 0.290 e. The largest absolute Gasteiger partial charge is 0.497 e. The molecular formula is C17H16FNO3. The Kier molecular flexibility index (Phi) is 5.14. The van der Waals surface area contributed by atoms with Gasteiger partial charge < -0.3 is 14.8 Å². The molecule has 1 amide bonds. The summed E-state index contributed by atoms with van der Waals surface area (Å²) >= 11 is 0. The lowest BCUT2D eigenvalue weighted by Crippen LogP contribution is -2.15. The molecule has 2 rings (SSSR count). The Morgan fingerprint density at radius 3 is 2.23 bits per heavy atom. The summed E-state index contributed by atoms with van der Waals surface area (Å²) in [7, 11) is 2.98. The van der Waals surface area contributed by atoms with Crippen LogP contribution in [0.15, 0.2) is 54.3 Å². The molecule has 1 N–H and O–H groups in total. The van der Waals surface area contributed by atoms with Crippen molar-refractivity contribution in [3.8, 4) is 5.75 Å². The van der Waals surface area contributed by atoms with Crippen LogP contribution in [0.4, 0.5) is 10.1 Å². The maximum Gasteiger partial charge on any atom is 0.290 e. The molecular weight excluding hydrogens is 285 g/mol. The fourth-order valence-electron chi connectivity index (χ4n) is 1.79. The van der Waals surface area contributed by atoms with E-state index in [1.165, 1.54) is 25.3 Å². The molecule has 0 bridgehead atoms. The number of ether oxygens (including phenoxy) is 2. The van der Waals surface area contributed by atoms with Crippen molar-refractivity contribution in [2.75, 3.05) is 19.5 Å². The van der Waals surface area contributed by atoms with Crippen molar-refractivity contribution in [1.82, 2.24) is 0 Å². The third kappa shape index (κ3) is 4.09. The number of carbonyl (C=O) groups excluding carboxylic acids is 1. The molecule has 4 nitrogen and oxygen atoms in total. The van der Waals surface area contributed by atoms with Crippen molar-refractivity contribution >= 4 is 17.7 Å². The highest BCUT2D eigenvalue weighted by Gasteiger charge is 2.10. The summed E-state index contributed by atoms with van der Waals surface area (Å²) in [5.41, 5.74) is 1.29. The third-order valence-electron chi connectivity index (χ3n) is 2.96. The second-order valence-electron chi connectivity index (χ2n) is 4.45. The fourth-order valence-corrected chi connectivity index (χ4v) is 1.79. The minimum Gasteiger partial charge on any atom is -0.497 e. The summed E-state index contributed by atoms with van der Waals surface area (Å²) in [5, 5.41) is 2.71. The Bertz CT molecular complexity index is 663. The average Bonchev–Trinajstić information content (AvgIpc) is 2.55. The van der Waals surface area contributed by atoms with Crippen LogP contribution in [0.3, 0.4) is 0 Å². The van der Waals surface area contributed by atoms with Gasteiger partial charge in [-0.3, -0.25) is 4.79 Å². The normalized spacial score (nSPS) is 11.0. The highest BCUT2D eigenvalue weighted by molar-refractivity contribution is 6.05. The number of hydrogen-bond acceptors (Lipinski definition) is 3. The number of benzene rings is 2. The fraction of sp³-hybridized carbons (Fsp3) is 0.118. The Balaban J connectivity index is 2.12. The zero-order valence-corrected chi connectivity index (χ0v) is 12.3. The van der Waals surface area contributed by atoms with E-state index in [1.54, 1.807) is 43.5 Å². The van der Waals surface area contributed by atoms with Crippen molar-refractivity contribution in [3.05, 3.63) is 65.7 Å². The molecule has 0 aliphatic rings. The van der Waals surface area contributed by atoms with Crippen LogP contribution in [0.2, 0.25) is 0 Å². The molecule has 0 saturated carbocycles. The van der Waals surface area contributed by atoms with Gasteiger partial charge in [-0.1, -0.05) is 12.1 Å². The van der Waals surface area contributed by atoms with Crippen LogP contribution in [0.1, 0.15) is 5.56 Å². The second-order valence-corrected chi connectivity index (χ2v) is 4.45. The van der Waals surface area contributed by atoms with Gasteiger partial charge in [0.15, 0.2) is 5.76 Å². The van der Waals surface area contributed by atoms with Crippen molar-refractivity contribution in [2.24, 2.45) is 0 Å². The summed E-state index contributed by atoms with van der Waals surface area (Å²) in [6.45, 7) is 0. The summed E-state index contributed by atoms with van der Waals surface area (Å²) in [6, 6.07) is 12.7. The van der Waals surface area contributed by atoms with Gasteiger partial charge in [0.05, 0.1) is 14.2 Å². The van der Waals surface area contributed by atoms with Crippen molar-refractivity contribution in [3.63, 3.8) is 0 Å². The first-order valence-corrected chi connectivity index (χ1v) is 6.59. The highest BCUT2D eigenvalue weighted by atomic mass is 19.1. The van der Waals surface area contributed by atoms with E-state index in [4.69, 9.17) is 9.47 Å². The highest BCUT2D eigenvalue weighted by Crippen LogP contribution is 2.16. The lowest BCUT2D eigenvalue weighted by Gasteiger charge is -2.08. The van der Waals surface area contributed by atoms with Gasteiger partial charge in [-0.15, -0.1) is 0 Å². The number of hydrogen-bond donors (Lipinski definition) is 1. The van der Waals surface area contributed by atoms with E-state index in [9.17, 15) is 9.18 Å². The van der Waals surface area contributed by atoms with E-state index in [-0.39, 0.29) is 11.6 Å². The number of carbonyl (C=O) groups is 1. The lowest BCUT2D eigenvalue weighted by molar-refractivity contribution is -0.115. The molecule has 0 aliphatic carbocycles. The van der Waals surface area contributed by atoms with E-state index >= 15 is 0 Å². The van der Waals surface area contributed by atoms with E-state index in [0.29, 0.717) is 17.0 Å². The van der Waals surface area contributed by atoms with Gasteiger partial charge in [0, 0.05) is 5.69 Å². The van der Waals surface area contributed by atoms with Crippen LogP contribution in [0, 0.1) is 5.82 Å². The number of anilines is 1. The van der Waals surface area contributed by atoms with Gasteiger partial charge in [-0.05, 0) is 48.0 Å². The Morgan fingerprint density at radius 1 is 1.05 bits per heavy atom. The second kappa shape index (κ2) is 7.26. The van der Waals surface area contributed by atoms with Gasteiger partial charge in [0.2, 0.25) is 0 Å². The molecule has 2 aromatic carbocycles. The zero-order chi connectivity index (χ0) is 15.9. The number of amides is 1. The predicted octanol–water partition coefficient (Wildman–Crippen LogP) is 3.46. The summed E-state index contributed by atoms with van der Waals surface area (Å²) in [5.74, 6) is 0.102. The SMILES string of the molecule is CO/C(=C\c1ccc(F)cc1)C(=O)Nc1ccc(OC)cc1. The predicted molar refractivity (Wildman–Crippen MR) is 83.0 cm³/mol. The van der Waals surface area contributed by atoms with Crippen LogP contribution >= 0.6 is 0 Å². The molecule has 0 aliphatic heterocycles. The minimum atomic E-state index is -0.392. The average molecular weight is 301 g/mol. The van der Waals surface area contributed by atoms with E-state index in [1.807, 2.05) is 0 Å². The van der Waals surface area contributed by atoms with Crippen LogP contribution in [-0.2, 0) is 9.53 Å². The quantitative estimate of drug-likeness (QED) is 0.679. The minimum absolute atomic E-state index is 0.127. The Morgan fingerprint density at radius 2 is 1.68 bits per heavy atom. The van der Waals surface area contributed by atoms with Gasteiger partial charge in [0.1, 0.15) is 11.6 Å². The molecule has 0 heterocycles. The molecule has 0 unspecified atom stereocenters. The van der Waals surface area contributed by atoms with E-state index in [2.05, 4.69) is 5.32 Å². The van der Waals surface area contributed by atoms with Gasteiger partial charge in [0.25, 0.3) is 5.91 Å². The molecule has 0 saturated heterocycles. The molecule has 0 radical (unpaired) electrons. The molecule has 0 spiro atoms. The van der Waals surface area contributed by atoms with Crippen LogP contribution < -0.4 is 10.1 Å². The zero-order valence-electron chi connectivity index (χ0n) is 12.3. The number of rotatable bonds is 5. The summed E-state index contributed by atoms with van der Waals surface area (Å²) in [6.07, 6.45) is 1.54. The van der Waals surface area contributed by atoms with Crippen molar-refractivity contribution < 1.29 is 18.7 Å². The monoisotopic (exact) mass is 301 g/mol. The summed E-state index contributed by atoms with van der Waals surface area (Å²) in [4.78, 5) is 12.2. The van der Waals surface area contributed by atoms with Crippen molar-refractivity contribution in [2.45, 2.75) is 0 Å². The molecule has 0 aromatic heterocycles. The molecule has 5 heteroatoms. The lowest BCUT2D eigenvalue weighted by atomic mass is 10.2. The van der Waals surface area contributed by atoms with Gasteiger partial charge >= 0.3 is 0 Å². The van der Waals surface area contributed by atoms with Crippen molar-refractivity contribution in [1.29, 1.82) is 0 Å². The van der Waals surface area contributed by atoms with Gasteiger partial charge in [-0.25, -0.2) is 4.39 Å². The first kappa shape index (κ1) is 15.6. The molecule has 0 atom stereocenters. The first-order valence-electron chi connectivity index (χ1n) is 6.59. The topological polar surface area (TPSA) is 47.6 Å². The van der Waals surface area contributed by atoms with Crippen LogP contribution in [0.25, 0.3) is 6.08 Å². The van der Waals surface area contributed by atoms with E-state index in [0.717, 1.165) is 0 Å². The molecule has 2 aromatic rings. The first-order chi connectivity index (χ1) is 10.6. The Labute approximate surface area is 128 Å². The van der Waals surface area contributed by atoms with E-state index < -0.39 is 5.91 Å². The van der Waals surface area contributed by atoms with Crippen LogP contribution in [-0.4, -0.2) is 20.1 Å². The Hall–Kier alpha value is -2.82. The number of methoxy groups -OCH3 is 2. The standard InChI is InChI=1S/C17H16FNO3/c1-21-15-9-7-14(8-10-15)19-17(20)16(22-2)11-12-3-5-13(18)6-4-12/h3-11H,1-2H3,(H,19,20)/b16-11-. The molecule has 114 valence electrons. The molecule has 22 heavy (non-hydrogen) atoms. The maximum atomic E-state index is 12.9. The number of nitrogens with one attached hydrogen (secondary N) is 1. The maximum absolute atomic E-state index is 12.9. The summed E-state index contributed by atoms with van der Waals surface area (Å²) < 4.78 is 23.0. The third-order valence-corrected chi connectivity index (χ3v) is 2.96. The van der Waals surface area contributed by atoms with Gasteiger partial charge in [-0.2, -0.15) is 0 Å². The van der Waals surface area contributed by atoms with Crippen LogP contribution in [0.5, 0.6) is 5.75 Å². The molecule has 0 fully saturated rings.